The van der Waals surface area contributed by atoms with Crippen molar-refractivity contribution in [3.63, 3.8) is 0 Å². The van der Waals surface area contributed by atoms with Gasteiger partial charge in [-0.15, -0.1) is 0 Å². The van der Waals surface area contributed by atoms with Gasteiger partial charge < -0.3 is 19.5 Å². The molecule has 9 heteroatoms. The van der Waals surface area contributed by atoms with Gasteiger partial charge in [0, 0.05) is 38.3 Å². The van der Waals surface area contributed by atoms with Gasteiger partial charge in [0.2, 0.25) is 10.0 Å². The molecule has 1 aromatic carbocycles. The van der Waals surface area contributed by atoms with Crippen LogP contribution in [0.2, 0.25) is 0 Å². The zero-order chi connectivity index (χ0) is 22.0. The quantitative estimate of drug-likeness (QED) is 0.687. The molecule has 8 nitrogen and oxygen atoms in total. The number of hydrogen-bond donors (Lipinski definition) is 2. The van der Waals surface area contributed by atoms with Gasteiger partial charge in [-0.05, 0) is 57.2 Å². The molecule has 2 atom stereocenters. The fraction of sp³-hybridized carbons (Fsp3) is 0.682. The summed E-state index contributed by atoms with van der Waals surface area (Å²) in [5.74, 6) is 0. The van der Waals surface area contributed by atoms with Crippen molar-refractivity contribution in [2.45, 2.75) is 67.6 Å². The third-order valence-corrected chi connectivity index (χ3v) is 8.20. The summed E-state index contributed by atoms with van der Waals surface area (Å²) >= 11 is 0. The second kappa shape index (κ2) is 9.04. The highest BCUT2D eigenvalue weighted by molar-refractivity contribution is 7.89. The van der Waals surface area contributed by atoms with E-state index in [9.17, 15) is 13.7 Å². The van der Waals surface area contributed by atoms with Crippen LogP contribution >= 0.6 is 0 Å². The third kappa shape index (κ3) is 5.21. The summed E-state index contributed by atoms with van der Waals surface area (Å²) in [7, 11) is -3.73. The number of anilines is 1. The van der Waals surface area contributed by atoms with E-state index in [1.165, 1.54) is 6.07 Å². The Balaban J connectivity index is 1.46. The van der Waals surface area contributed by atoms with Gasteiger partial charge in [0.15, 0.2) is 0 Å². The zero-order valence-electron chi connectivity index (χ0n) is 18.0. The van der Waals surface area contributed by atoms with Crippen LogP contribution in [-0.4, -0.2) is 58.6 Å². The highest BCUT2D eigenvalue weighted by Gasteiger charge is 2.40. The number of sulfonamides is 1. The van der Waals surface area contributed by atoms with Crippen LogP contribution in [0.5, 0.6) is 0 Å². The first-order valence-electron chi connectivity index (χ1n) is 11.0. The van der Waals surface area contributed by atoms with Crippen molar-refractivity contribution >= 4 is 15.7 Å². The fourth-order valence-electron chi connectivity index (χ4n) is 4.61. The molecule has 3 aliphatic rings. The van der Waals surface area contributed by atoms with E-state index in [-0.39, 0.29) is 16.6 Å². The average Bonchev–Trinajstić information content (AvgIpc) is 3.19. The molecule has 1 spiro atoms. The van der Waals surface area contributed by atoms with Crippen molar-refractivity contribution < 1.29 is 22.6 Å². The summed E-state index contributed by atoms with van der Waals surface area (Å²) in [6.45, 7) is 4.86. The lowest BCUT2D eigenvalue weighted by Gasteiger charge is -2.37. The van der Waals surface area contributed by atoms with Gasteiger partial charge in [0.1, 0.15) is 6.07 Å². The number of nitrogens with zero attached hydrogens (tertiary/aromatic N) is 1. The smallest absolute Gasteiger partial charge is 0.241 e. The minimum atomic E-state index is -3.73. The van der Waals surface area contributed by atoms with Crippen LogP contribution in [0.3, 0.4) is 0 Å². The Bertz CT molecular complexity index is 931. The largest absolute Gasteiger partial charge is 0.381 e. The molecule has 0 amide bonds. The summed E-state index contributed by atoms with van der Waals surface area (Å²) < 4.78 is 46.1. The maximum atomic E-state index is 13.0. The lowest BCUT2D eigenvalue weighted by Crippen LogP contribution is -2.49. The average molecular weight is 450 g/mol. The van der Waals surface area contributed by atoms with E-state index in [1.54, 1.807) is 12.1 Å². The molecule has 3 aliphatic heterocycles. The fourth-order valence-corrected chi connectivity index (χ4v) is 6.10. The molecule has 0 aliphatic carbocycles. The predicted octanol–water partition coefficient (Wildman–Crippen LogP) is 2.55. The van der Waals surface area contributed by atoms with E-state index in [0.29, 0.717) is 50.5 Å². The minimum absolute atomic E-state index is 0.00142. The van der Waals surface area contributed by atoms with Gasteiger partial charge in [-0.25, -0.2) is 13.1 Å². The lowest BCUT2D eigenvalue weighted by molar-refractivity contribution is -0.122. The predicted molar refractivity (Wildman–Crippen MR) is 115 cm³/mol. The van der Waals surface area contributed by atoms with Crippen molar-refractivity contribution in [3.8, 4) is 6.07 Å². The Morgan fingerprint density at radius 3 is 2.65 bits per heavy atom. The molecule has 0 saturated carbocycles. The molecule has 1 aromatic rings. The molecule has 31 heavy (non-hydrogen) atoms. The van der Waals surface area contributed by atoms with Gasteiger partial charge in [-0.2, -0.15) is 5.26 Å². The van der Waals surface area contributed by atoms with Gasteiger partial charge in [-0.3, -0.25) is 0 Å². The molecule has 3 fully saturated rings. The Kier molecular flexibility index (Phi) is 6.56. The second-order valence-corrected chi connectivity index (χ2v) is 10.8. The van der Waals surface area contributed by atoms with Gasteiger partial charge >= 0.3 is 0 Å². The molecule has 0 aromatic heterocycles. The SMILES string of the molecule is CC1(NS(=O)(=O)c2ccc(C#N)c(NCC3CCCC4(CCOC4)O3)c2)CCOCC1. The molecular weight excluding hydrogens is 418 g/mol. The Hall–Kier alpha value is -1.70. The lowest BCUT2D eigenvalue weighted by atomic mass is 9.91. The minimum Gasteiger partial charge on any atom is -0.381 e. The monoisotopic (exact) mass is 449 g/mol. The van der Waals surface area contributed by atoms with Gasteiger partial charge in [-0.1, -0.05) is 0 Å². The van der Waals surface area contributed by atoms with Crippen molar-refractivity contribution in [3.05, 3.63) is 23.8 Å². The highest BCUT2D eigenvalue weighted by Crippen LogP contribution is 2.35. The molecule has 2 unspecified atom stereocenters. The highest BCUT2D eigenvalue weighted by atomic mass is 32.2. The number of benzene rings is 1. The van der Waals surface area contributed by atoms with Crippen LogP contribution in [0.15, 0.2) is 23.1 Å². The van der Waals surface area contributed by atoms with E-state index in [2.05, 4.69) is 16.1 Å². The Morgan fingerprint density at radius 1 is 1.16 bits per heavy atom. The van der Waals surface area contributed by atoms with Crippen LogP contribution in [0.4, 0.5) is 5.69 Å². The number of hydrogen-bond acceptors (Lipinski definition) is 7. The first kappa shape index (κ1) is 22.5. The summed E-state index contributed by atoms with van der Waals surface area (Å²) in [5.41, 5.74) is 0.197. The van der Waals surface area contributed by atoms with E-state index in [1.807, 2.05) is 6.92 Å². The van der Waals surface area contributed by atoms with Crippen LogP contribution < -0.4 is 10.0 Å². The van der Waals surface area contributed by atoms with Crippen molar-refractivity contribution in [2.24, 2.45) is 0 Å². The van der Waals surface area contributed by atoms with Crippen LogP contribution in [0, 0.1) is 11.3 Å². The van der Waals surface area contributed by atoms with Gasteiger partial charge in [0.25, 0.3) is 0 Å². The molecule has 0 radical (unpaired) electrons. The van der Waals surface area contributed by atoms with E-state index >= 15 is 0 Å². The van der Waals surface area contributed by atoms with Crippen LogP contribution in [0.25, 0.3) is 0 Å². The topological polar surface area (TPSA) is 110 Å². The van der Waals surface area contributed by atoms with Crippen molar-refractivity contribution in [1.29, 1.82) is 5.26 Å². The molecule has 4 rings (SSSR count). The van der Waals surface area contributed by atoms with Crippen LogP contribution in [-0.2, 0) is 24.2 Å². The van der Waals surface area contributed by atoms with E-state index in [0.717, 1.165) is 32.3 Å². The summed E-state index contributed by atoms with van der Waals surface area (Å²) in [6, 6.07) is 6.72. The maximum Gasteiger partial charge on any atom is 0.241 e. The summed E-state index contributed by atoms with van der Waals surface area (Å²) in [4.78, 5) is 0.145. The maximum absolute atomic E-state index is 13.0. The second-order valence-electron chi connectivity index (χ2n) is 9.10. The summed E-state index contributed by atoms with van der Waals surface area (Å²) in [5, 5.41) is 12.8. The first-order chi connectivity index (χ1) is 14.8. The molecule has 0 bridgehead atoms. The molecule has 3 heterocycles. The zero-order valence-corrected chi connectivity index (χ0v) is 18.8. The molecule has 2 N–H and O–H groups in total. The number of nitriles is 1. The Labute approximate surface area is 184 Å². The number of rotatable bonds is 6. The van der Waals surface area contributed by atoms with Crippen LogP contribution in [0.1, 0.15) is 51.0 Å². The number of nitrogens with one attached hydrogen (secondary N) is 2. The molecule has 3 saturated heterocycles. The Morgan fingerprint density at radius 2 is 1.94 bits per heavy atom. The molecule has 170 valence electrons. The third-order valence-electron chi connectivity index (χ3n) is 6.56. The van der Waals surface area contributed by atoms with Crippen molar-refractivity contribution in [2.75, 3.05) is 38.3 Å². The normalized spacial score (nSPS) is 28.3. The van der Waals surface area contributed by atoms with E-state index < -0.39 is 15.6 Å². The molecular formula is C22H31N3O5S. The number of ether oxygens (including phenoxy) is 3. The van der Waals surface area contributed by atoms with E-state index in [4.69, 9.17) is 14.2 Å². The van der Waals surface area contributed by atoms with Crippen molar-refractivity contribution in [1.82, 2.24) is 4.72 Å². The van der Waals surface area contributed by atoms with Gasteiger partial charge in [0.05, 0.1) is 34.5 Å². The standard InChI is InChI=1S/C22H31N3O5S/c1-21(7-10-28-11-8-21)25-31(26,27)19-5-4-17(14-23)20(13-19)24-15-18-3-2-6-22(30-18)9-12-29-16-22/h4-5,13,18,24-25H,2-3,6-12,15-16H2,1H3. The first-order valence-corrected chi connectivity index (χ1v) is 12.5. The summed E-state index contributed by atoms with van der Waals surface area (Å²) in [6.07, 6.45) is 5.17.